The maximum Gasteiger partial charge on any atom is 0.259 e. The monoisotopic (exact) mass is 356 g/mol. The number of rotatable bonds is 3. The number of benzene rings is 1. The number of hydrogen-bond donors (Lipinski definition) is 1. The van der Waals surface area contributed by atoms with Crippen LogP contribution < -0.4 is 10.6 Å². The number of primary amides is 1. The van der Waals surface area contributed by atoms with Crippen LogP contribution in [-0.4, -0.2) is 32.2 Å². The van der Waals surface area contributed by atoms with Crippen LogP contribution >= 0.6 is 11.3 Å². The number of thiophene rings is 1. The molecule has 1 aromatic carbocycles. The van der Waals surface area contributed by atoms with Gasteiger partial charge in [0.05, 0.1) is 30.4 Å². The topological polar surface area (TPSA) is 103 Å². The number of nitriles is 2. The van der Waals surface area contributed by atoms with Gasteiger partial charge in [-0.1, -0.05) is 6.07 Å². The number of carbonyl (C=O) groups is 1. The van der Waals surface area contributed by atoms with Crippen LogP contribution in [0.2, 0.25) is 0 Å². The van der Waals surface area contributed by atoms with Crippen LogP contribution in [0.3, 0.4) is 0 Å². The van der Waals surface area contributed by atoms with Gasteiger partial charge in [-0.15, -0.1) is 11.3 Å². The van der Waals surface area contributed by atoms with Crippen molar-refractivity contribution in [3.63, 3.8) is 0 Å². The van der Waals surface area contributed by atoms with Crippen LogP contribution in [0.25, 0.3) is 11.1 Å². The maximum atomic E-state index is 14.5. The fourth-order valence-corrected chi connectivity index (χ4v) is 3.90. The minimum absolute atomic E-state index is 0.0834. The minimum atomic E-state index is -0.722. The summed E-state index contributed by atoms with van der Waals surface area (Å²) in [6.07, 6.45) is 0. The van der Waals surface area contributed by atoms with Crippen molar-refractivity contribution in [2.24, 2.45) is 5.73 Å². The second-order valence-electron chi connectivity index (χ2n) is 5.37. The molecule has 1 amide bonds. The van der Waals surface area contributed by atoms with Crippen molar-refractivity contribution < 1.29 is 13.9 Å². The maximum absolute atomic E-state index is 14.5. The molecule has 0 saturated carbocycles. The summed E-state index contributed by atoms with van der Waals surface area (Å²) in [5.41, 5.74) is 6.10. The largest absolute Gasteiger partial charge is 0.378 e. The average Bonchev–Trinajstić information content (AvgIpc) is 3.01. The molecule has 8 heteroatoms. The Labute approximate surface area is 147 Å². The first-order valence-corrected chi connectivity index (χ1v) is 8.28. The number of carbonyl (C=O) groups excluding carboxylic acids is 1. The number of anilines is 1. The Kier molecular flexibility index (Phi) is 4.66. The van der Waals surface area contributed by atoms with Crippen molar-refractivity contribution in [1.29, 1.82) is 10.5 Å². The van der Waals surface area contributed by atoms with E-state index in [1.807, 2.05) is 11.0 Å². The summed E-state index contributed by atoms with van der Waals surface area (Å²) in [6, 6.07) is 7.85. The molecular formula is C17H13FN4O2S. The molecule has 0 spiro atoms. The number of ether oxygens (including phenoxy) is 1. The van der Waals surface area contributed by atoms with Crippen LogP contribution in [-0.2, 0) is 4.74 Å². The van der Waals surface area contributed by atoms with Crippen molar-refractivity contribution in [1.82, 2.24) is 0 Å². The molecule has 1 fully saturated rings. The van der Waals surface area contributed by atoms with Gasteiger partial charge in [-0.3, -0.25) is 4.79 Å². The van der Waals surface area contributed by atoms with E-state index in [2.05, 4.69) is 6.07 Å². The third-order valence-corrected chi connectivity index (χ3v) is 5.16. The molecule has 0 unspecified atom stereocenters. The van der Waals surface area contributed by atoms with E-state index in [0.29, 0.717) is 31.3 Å². The Morgan fingerprint density at radius 2 is 2.00 bits per heavy atom. The van der Waals surface area contributed by atoms with Gasteiger partial charge in [0.15, 0.2) is 0 Å². The molecular weight excluding hydrogens is 343 g/mol. The van der Waals surface area contributed by atoms with Crippen LogP contribution in [0.5, 0.6) is 0 Å². The fourth-order valence-electron chi connectivity index (χ4n) is 2.73. The molecule has 1 saturated heterocycles. The highest BCUT2D eigenvalue weighted by Gasteiger charge is 2.28. The van der Waals surface area contributed by atoms with E-state index in [4.69, 9.17) is 15.7 Å². The molecule has 2 heterocycles. The van der Waals surface area contributed by atoms with Gasteiger partial charge in [-0.25, -0.2) is 4.39 Å². The van der Waals surface area contributed by atoms with Crippen molar-refractivity contribution in [3.8, 4) is 23.3 Å². The number of morpholine rings is 1. The van der Waals surface area contributed by atoms with Gasteiger partial charge in [0.2, 0.25) is 0 Å². The number of nitrogens with two attached hydrogens (primary N) is 1. The summed E-state index contributed by atoms with van der Waals surface area (Å²) in [6.45, 7) is 2.16. The molecule has 0 atom stereocenters. The number of hydrogen-bond acceptors (Lipinski definition) is 6. The zero-order valence-corrected chi connectivity index (χ0v) is 13.9. The van der Waals surface area contributed by atoms with Gasteiger partial charge < -0.3 is 15.4 Å². The van der Waals surface area contributed by atoms with E-state index in [-0.39, 0.29) is 27.1 Å². The highest BCUT2D eigenvalue weighted by molar-refractivity contribution is 7.18. The number of halogens is 1. The van der Waals surface area contributed by atoms with Crippen molar-refractivity contribution in [2.45, 2.75) is 0 Å². The zero-order chi connectivity index (χ0) is 18.0. The van der Waals surface area contributed by atoms with Gasteiger partial charge in [0, 0.05) is 24.2 Å². The van der Waals surface area contributed by atoms with Crippen molar-refractivity contribution in [2.75, 3.05) is 31.2 Å². The Balaban J connectivity index is 2.21. The average molecular weight is 356 g/mol. The van der Waals surface area contributed by atoms with Gasteiger partial charge in [0.1, 0.15) is 21.8 Å². The predicted molar refractivity (Wildman–Crippen MR) is 90.7 cm³/mol. The van der Waals surface area contributed by atoms with E-state index in [9.17, 15) is 14.4 Å². The molecule has 1 aromatic heterocycles. The molecule has 3 rings (SSSR count). The predicted octanol–water partition coefficient (Wildman–Crippen LogP) is 2.23. The third-order valence-electron chi connectivity index (χ3n) is 3.89. The minimum Gasteiger partial charge on any atom is -0.378 e. The second kappa shape index (κ2) is 6.89. The summed E-state index contributed by atoms with van der Waals surface area (Å²) >= 11 is 1.08. The normalized spacial score (nSPS) is 14.0. The smallest absolute Gasteiger partial charge is 0.259 e. The van der Waals surface area contributed by atoms with Gasteiger partial charge in [-0.2, -0.15) is 10.5 Å². The standard InChI is InChI=1S/C17H13FN4O2S/c18-13-7-10(8-19)1-2-11(13)14-12(9-20)17(25-15(14)16(21)23)22-3-5-24-6-4-22/h1-2,7H,3-6H2,(H2,21,23). The van der Waals surface area contributed by atoms with Crippen molar-refractivity contribution >= 4 is 22.2 Å². The molecule has 25 heavy (non-hydrogen) atoms. The fraction of sp³-hybridized carbons (Fsp3) is 0.235. The molecule has 6 nitrogen and oxygen atoms in total. The number of nitrogens with zero attached hydrogens (tertiary/aromatic N) is 3. The summed E-state index contributed by atoms with van der Waals surface area (Å²) in [5.74, 6) is -1.40. The summed E-state index contributed by atoms with van der Waals surface area (Å²) in [7, 11) is 0. The molecule has 1 aliphatic rings. The van der Waals surface area contributed by atoms with Gasteiger partial charge in [-0.05, 0) is 12.1 Å². The second-order valence-corrected chi connectivity index (χ2v) is 6.37. The van der Waals surface area contributed by atoms with Crippen LogP contribution in [0.15, 0.2) is 18.2 Å². The molecule has 126 valence electrons. The molecule has 1 aliphatic heterocycles. The summed E-state index contributed by atoms with van der Waals surface area (Å²) in [4.78, 5) is 14.0. The molecule has 0 aliphatic carbocycles. The first kappa shape index (κ1) is 16.9. The molecule has 0 bridgehead atoms. The SMILES string of the molecule is N#Cc1ccc(-c2c(C(N)=O)sc(N3CCOCC3)c2C#N)c(F)c1. The van der Waals surface area contributed by atoms with Gasteiger partial charge >= 0.3 is 0 Å². The van der Waals surface area contributed by atoms with Crippen LogP contribution in [0.1, 0.15) is 20.8 Å². The lowest BCUT2D eigenvalue weighted by atomic mass is 9.99. The van der Waals surface area contributed by atoms with Gasteiger partial charge in [0.25, 0.3) is 5.91 Å². The zero-order valence-electron chi connectivity index (χ0n) is 13.1. The molecule has 0 radical (unpaired) electrons. The lowest BCUT2D eigenvalue weighted by Crippen LogP contribution is -2.36. The Morgan fingerprint density at radius 3 is 2.56 bits per heavy atom. The van der Waals surface area contributed by atoms with Crippen LogP contribution in [0, 0.1) is 28.5 Å². The van der Waals surface area contributed by atoms with E-state index < -0.39 is 11.7 Å². The summed E-state index contributed by atoms with van der Waals surface area (Å²) in [5, 5.41) is 19.1. The van der Waals surface area contributed by atoms with Crippen molar-refractivity contribution in [3.05, 3.63) is 40.0 Å². The molecule has 2 N–H and O–H groups in total. The highest BCUT2D eigenvalue weighted by atomic mass is 32.1. The first-order chi connectivity index (χ1) is 12.1. The third kappa shape index (κ3) is 3.05. The number of amides is 1. The Bertz CT molecular complexity index is 920. The van der Waals surface area contributed by atoms with Crippen LogP contribution in [0.4, 0.5) is 9.39 Å². The Hall–Kier alpha value is -2.94. The lowest BCUT2D eigenvalue weighted by molar-refractivity contribution is 0.100. The first-order valence-electron chi connectivity index (χ1n) is 7.46. The molecule has 2 aromatic rings. The van der Waals surface area contributed by atoms with E-state index in [1.165, 1.54) is 12.1 Å². The lowest BCUT2D eigenvalue weighted by Gasteiger charge is -2.27. The highest BCUT2D eigenvalue weighted by Crippen LogP contribution is 2.42. The quantitative estimate of drug-likeness (QED) is 0.908. The van der Waals surface area contributed by atoms with E-state index in [1.54, 1.807) is 0 Å². The Morgan fingerprint density at radius 1 is 1.28 bits per heavy atom. The summed E-state index contributed by atoms with van der Waals surface area (Å²) < 4.78 is 19.8. The van der Waals surface area contributed by atoms with E-state index >= 15 is 0 Å². The van der Waals surface area contributed by atoms with E-state index in [0.717, 1.165) is 17.4 Å².